The fraction of sp³-hybridized carbons (Fsp3) is 0.250. The van der Waals surface area contributed by atoms with Crippen LogP contribution in [-0.2, 0) is 10.0 Å². The average molecular weight is 305 g/mol. The Kier molecular flexibility index (Phi) is 4.53. The van der Waals surface area contributed by atoms with Crippen LogP contribution in [0.15, 0.2) is 53.4 Å². The van der Waals surface area contributed by atoms with Gasteiger partial charge in [0.15, 0.2) is 0 Å². The number of aryl methyl sites for hydroxylation is 1. The van der Waals surface area contributed by atoms with Crippen molar-refractivity contribution >= 4 is 15.7 Å². The molecule has 0 fully saturated rings. The molecule has 112 valence electrons. The van der Waals surface area contributed by atoms with Crippen LogP contribution in [-0.4, -0.2) is 22.1 Å². The Morgan fingerprint density at radius 3 is 2.33 bits per heavy atom. The lowest BCUT2D eigenvalue weighted by atomic mass is 10.2. The first-order valence-corrected chi connectivity index (χ1v) is 8.17. The van der Waals surface area contributed by atoms with Gasteiger partial charge in [-0.2, -0.15) is 0 Å². The minimum Gasteiger partial charge on any atom is -0.495 e. The van der Waals surface area contributed by atoms with Gasteiger partial charge in [0.2, 0.25) is 0 Å². The number of hydrogen-bond acceptors (Lipinski definition) is 3. The zero-order chi connectivity index (χ0) is 15.5. The molecule has 0 unspecified atom stereocenters. The lowest BCUT2D eigenvalue weighted by Crippen LogP contribution is -2.31. The Bertz CT molecular complexity index is 712. The van der Waals surface area contributed by atoms with Crippen LogP contribution in [0.5, 0.6) is 5.75 Å². The van der Waals surface area contributed by atoms with Crippen molar-refractivity contribution in [1.29, 1.82) is 0 Å². The van der Waals surface area contributed by atoms with Gasteiger partial charge in [-0.3, -0.25) is 4.31 Å². The summed E-state index contributed by atoms with van der Waals surface area (Å²) in [6, 6.07) is 14.2. The number of sulfonamides is 1. The number of benzene rings is 2. The van der Waals surface area contributed by atoms with E-state index < -0.39 is 10.0 Å². The van der Waals surface area contributed by atoms with Crippen molar-refractivity contribution in [3.63, 3.8) is 0 Å². The molecule has 4 nitrogen and oxygen atoms in total. The van der Waals surface area contributed by atoms with E-state index in [2.05, 4.69) is 0 Å². The topological polar surface area (TPSA) is 46.6 Å². The van der Waals surface area contributed by atoms with Crippen LogP contribution in [0, 0.1) is 6.92 Å². The fourth-order valence-electron chi connectivity index (χ4n) is 2.19. The van der Waals surface area contributed by atoms with Crippen molar-refractivity contribution in [2.45, 2.75) is 18.7 Å². The first-order valence-electron chi connectivity index (χ1n) is 6.73. The molecule has 0 radical (unpaired) electrons. The Labute approximate surface area is 126 Å². The van der Waals surface area contributed by atoms with Crippen molar-refractivity contribution in [3.05, 3.63) is 54.1 Å². The number of ether oxygens (including phenoxy) is 1. The molecule has 0 saturated carbocycles. The SMILES string of the molecule is CCN(c1ccccc1)S(=O)(=O)c1cc(C)ccc1OC. The zero-order valence-corrected chi connectivity index (χ0v) is 13.2. The highest BCUT2D eigenvalue weighted by Crippen LogP contribution is 2.30. The van der Waals surface area contributed by atoms with Gasteiger partial charge in [0, 0.05) is 6.54 Å². The monoisotopic (exact) mass is 305 g/mol. The summed E-state index contributed by atoms with van der Waals surface area (Å²) in [7, 11) is -2.19. The normalized spacial score (nSPS) is 11.2. The molecule has 0 amide bonds. The molecule has 0 aliphatic carbocycles. The molecule has 0 aliphatic rings. The summed E-state index contributed by atoms with van der Waals surface area (Å²) in [5, 5.41) is 0. The minimum atomic E-state index is -3.66. The molecular weight excluding hydrogens is 286 g/mol. The third-order valence-corrected chi connectivity index (χ3v) is 5.14. The van der Waals surface area contributed by atoms with Crippen molar-refractivity contribution in [1.82, 2.24) is 0 Å². The minimum absolute atomic E-state index is 0.190. The van der Waals surface area contributed by atoms with Crippen LogP contribution >= 0.6 is 0 Å². The Morgan fingerprint density at radius 1 is 1.10 bits per heavy atom. The van der Waals surface area contributed by atoms with Crippen LogP contribution in [0.25, 0.3) is 0 Å². The van der Waals surface area contributed by atoms with Gasteiger partial charge in [-0.25, -0.2) is 8.42 Å². The highest BCUT2D eigenvalue weighted by molar-refractivity contribution is 7.93. The Balaban J connectivity index is 2.58. The molecule has 5 heteroatoms. The van der Waals surface area contributed by atoms with Gasteiger partial charge in [-0.15, -0.1) is 0 Å². The van der Waals surface area contributed by atoms with Crippen LogP contribution in [0.1, 0.15) is 12.5 Å². The second-order valence-corrected chi connectivity index (χ2v) is 6.49. The second-order valence-electron chi connectivity index (χ2n) is 4.66. The van der Waals surface area contributed by atoms with E-state index in [-0.39, 0.29) is 4.90 Å². The van der Waals surface area contributed by atoms with Crippen LogP contribution in [0.4, 0.5) is 5.69 Å². The van der Waals surface area contributed by atoms with E-state index in [1.54, 1.807) is 24.3 Å². The fourth-order valence-corrected chi connectivity index (χ4v) is 3.91. The van der Waals surface area contributed by atoms with Crippen molar-refractivity contribution < 1.29 is 13.2 Å². The molecule has 0 aliphatic heterocycles. The second kappa shape index (κ2) is 6.18. The number of methoxy groups -OCH3 is 1. The Hall–Kier alpha value is -2.01. The lowest BCUT2D eigenvalue weighted by molar-refractivity contribution is 0.402. The van der Waals surface area contributed by atoms with E-state index in [4.69, 9.17) is 4.74 Å². The summed E-state index contributed by atoms with van der Waals surface area (Å²) < 4.78 is 32.5. The standard InChI is InChI=1S/C16H19NO3S/c1-4-17(14-8-6-5-7-9-14)21(18,19)16-12-13(2)10-11-15(16)20-3/h5-12H,4H2,1-3H3. The number of rotatable bonds is 5. The predicted octanol–water partition coefficient (Wildman–Crippen LogP) is 3.22. The van der Waals surface area contributed by atoms with Gasteiger partial charge in [-0.05, 0) is 43.7 Å². The van der Waals surface area contributed by atoms with Gasteiger partial charge in [0.1, 0.15) is 10.6 Å². The van der Waals surface area contributed by atoms with E-state index in [9.17, 15) is 8.42 Å². The molecule has 0 spiro atoms. The number of para-hydroxylation sites is 1. The van der Waals surface area contributed by atoms with Crippen molar-refractivity contribution in [2.24, 2.45) is 0 Å². The van der Waals surface area contributed by atoms with Gasteiger partial charge >= 0.3 is 0 Å². The quantitative estimate of drug-likeness (QED) is 0.852. The number of anilines is 1. The average Bonchev–Trinajstić information content (AvgIpc) is 2.49. The maximum atomic E-state index is 12.9. The van der Waals surface area contributed by atoms with Crippen LogP contribution < -0.4 is 9.04 Å². The maximum absolute atomic E-state index is 12.9. The molecule has 0 aromatic heterocycles. The highest BCUT2D eigenvalue weighted by atomic mass is 32.2. The molecule has 2 aromatic rings. The van der Waals surface area contributed by atoms with Gasteiger partial charge in [0.25, 0.3) is 10.0 Å². The summed E-state index contributed by atoms with van der Waals surface area (Å²) in [6.45, 7) is 4.02. The summed E-state index contributed by atoms with van der Waals surface area (Å²) >= 11 is 0. The highest BCUT2D eigenvalue weighted by Gasteiger charge is 2.27. The van der Waals surface area contributed by atoms with Crippen molar-refractivity contribution in [3.8, 4) is 5.75 Å². The third-order valence-electron chi connectivity index (χ3n) is 3.22. The molecule has 21 heavy (non-hydrogen) atoms. The molecule has 0 atom stereocenters. The molecular formula is C16H19NO3S. The molecule has 2 rings (SSSR count). The largest absolute Gasteiger partial charge is 0.495 e. The molecule has 0 bridgehead atoms. The van der Waals surface area contributed by atoms with E-state index in [1.165, 1.54) is 11.4 Å². The van der Waals surface area contributed by atoms with E-state index >= 15 is 0 Å². The number of nitrogens with zero attached hydrogens (tertiary/aromatic N) is 1. The van der Waals surface area contributed by atoms with E-state index in [0.29, 0.717) is 18.0 Å². The van der Waals surface area contributed by atoms with Gasteiger partial charge < -0.3 is 4.74 Å². The van der Waals surface area contributed by atoms with E-state index in [0.717, 1.165) is 5.56 Å². The van der Waals surface area contributed by atoms with Gasteiger partial charge in [-0.1, -0.05) is 24.3 Å². The van der Waals surface area contributed by atoms with Crippen LogP contribution in [0.3, 0.4) is 0 Å². The lowest BCUT2D eigenvalue weighted by Gasteiger charge is -2.24. The zero-order valence-electron chi connectivity index (χ0n) is 12.4. The summed E-state index contributed by atoms with van der Waals surface area (Å²) in [6.07, 6.45) is 0. The smallest absolute Gasteiger partial charge is 0.268 e. The Morgan fingerprint density at radius 2 is 1.76 bits per heavy atom. The number of hydrogen-bond donors (Lipinski definition) is 0. The molecule has 0 saturated heterocycles. The summed E-state index contributed by atoms with van der Waals surface area (Å²) in [5.41, 5.74) is 1.52. The summed E-state index contributed by atoms with van der Waals surface area (Å²) in [4.78, 5) is 0.190. The van der Waals surface area contributed by atoms with Crippen LogP contribution in [0.2, 0.25) is 0 Å². The third kappa shape index (κ3) is 3.03. The van der Waals surface area contributed by atoms with Gasteiger partial charge in [0.05, 0.1) is 12.8 Å². The first-order chi connectivity index (χ1) is 10.0. The molecule has 0 heterocycles. The first kappa shape index (κ1) is 15.4. The predicted molar refractivity (Wildman–Crippen MR) is 84.4 cm³/mol. The summed E-state index contributed by atoms with van der Waals surface area (Å²) in [5.74, 6) is 0.356. The molecule has 0 N–H and O–H groups in total. The maximum Gasteiger partial charge on any atom is 0.268 e. The van der Waals surface area contributed by atoms with Crippen molar-refractivity contribution in [2.75, 3.05) is 18.0 Å². The van der Waals surface area contributed by atoms with E-state index in [1.807, 2.05) is 38.1 Å². The molecule has 2 aromatic carbocycles.